The van der Waals surface area contributed by atoms with E-state index < -0.39 is 21.7 Å². The first-order valence-corrected chi connectivity index (χ1v) is 7.79. The SMILES string of the molecule is CCN(CC(C)C)S(=O)(=O)c1scnc1C(=O)O. The molecule has 0 bridgehead atoms. The first-order valence-electron chi connectivity index (χ1n) is 5.47. The molecule has 8 heteroatoms. The number of thiazole rings is 1. The Hall–Kier alpha value is -0.990. The van der Waals surface area contributed by atoms with Gasteiger partial charge in [0.1, 0.15) is 0 Å². The molecule has 0 amide bonds. The van der Waals surface area contributed by atoms with Crippen molar-refractivity contribution in [1.82, 2.24) is 9.29 Å². The van der Waals surface area contributed by atoms with Crippen molar-refractivity contribution >= 4 is 27.3 Å². The average molecular weight is 292 g/mol. The van der Waals surface area contributed by atoms with E-state index in [1.165, 1.54) is 9.82 Å². The summed E-state index contributed by atoms with van der Waals surface area (Å²) in [4.78, 5) is 14.5. The second-order valence-corrected chi connectivity index (χ2v) is 7.13. The number of hydrogen-bond acceptors (Lipinski definition) is 5. The summed E-state index contributed by atoms with van der Waals surface area (Å²) in [5.74, 6) is -1.16. The third kappa shape index (κ3) is 3.06. The molecule has 0 saturated carbocycles. The summed E-state index contributed by atoms with van der Waals surface area (Å²) in [7, 11) is -3.77. The minimum atomic E-state index is -3.77. The summed E-state index contributed by atoms with van der Waals surface area (Å²) in [6.07, 6.45) is 0. The molecule has 0 aromatic carbocycles. The van der Waals surface area contributed by atoms with Gasteiger partial charge in [0.05, 0.1) is 5.51 Å². The zero-order valence-corrected chi connectivity index (χ0v) is 12.1. The first kappa shape index (κ1) is 15.1. The maximum atomic E-state index is 12.3. The molecule has 0 aliphatic heterocycles. The quantitative estimate of drug-likeness (QED) is 0.858. The van der Waals surface area contributed by atoms with Crippen molar-refractivity contribution in [3.63, 3.8) is 0 Å². The van der Waals surface area contributed by atoms with E-state index in [0.29, 0.717) is 13.1 Å². The van der Waals surface area contributed by atoms with Crippen LogP contribution < -0.4 is 0 Å². The summed E-state index contributed by atoms with van der Waals surface area (Å²) in [6, 6.07) is 0. The molecule has 6 nitrogen and oxygen atoms in total. The van der Waals surface area contributed by atoms with E-state index in [9.17, 15) is 13.2 Å². The highest BCUT2D eigenvalue weighted by molar-refractivity contribution is 7.91. The first-order chi connectivity index (χ1) is 8.30. The van der Waals surface area contributed by atoms with E-state index in [0.717, 1.165) is 11.3 Å². The van der Waals surface area contributed by atoms with Crippen LogP contribution in [0.3, 0.4) is 0 Å². The van der Waals surface area contributed by atoms with Gasteiger partial charge in [0.25, 0.3) is 10.0 Å². The lowest BCUT2D eigenvalue weighted by atomic mass is 10.2. The predicted octanol–water partition coefficient (Wildman–Crippen LogP) is 1.51. The van der Waals surface area contributed by atoms with E-state index in [1.807, 2.05) is 13.8 Å². The van der Waals surface area contributed by atoms with Crippen LogP contribution in [0, 0.1) is 5.92 Å². The predicted molar refractivity (Wildman–Crippen MR) is 68.3 cm³/mol. The van der Waals surface area contributed by atoms with Crippen LogP contribution in [0.4, 0.5) is 0 Å². The van der Waals surface area contributed by atoms with Crippen LogP contribution in [0.15, 0.2) is 9.72 Å². The molecular weight excluding hydrogens is 276 g/mol. The molecule has 1 rings (SSSR count). The zero-order valence-electron chi connectivity index (χ0n) is 10.5. The van der Waals surface area contributed by atoms with Crippen LogP contribution in [-0.4, -0.2) is 41.9 Å². The minimum Gasteiger partial charge on any atom is -0.476 e. The van der Waals surface area contributed by atoms with E-state index in [2.05, 4.69) is 4.98 Å². The van der Waals surface area contributed by atoms with E-state index in [-0.39, 0.29) is 10.1 Å². The Bertz CT molecular complexity index is 522. The largest absolute Gasteiger partial charge is 0.476 e. The topological polar surface area (TPSA) is 87.6 Å². The standard InChI is InChI=1S/C10H16N2O4S2/c1-4-12(5-7(2)3)18(15,16)10-8(9(13)14)11-6-17-10/h6-7H,4-5H2,1-3H3,(H,13,14). The molecule has 18 heavy (non-hydrogen) atoms. The Morgan fingerprint density at radius 1 is 1.56 bits per heavy atom. The van der Waals surface area contributed by atoms with Gasteiger partial charge in [-0.25, -0.2) is 18.2 Å². The van der Waals surface area contributed by atoms with E-state index in [4.69, 9.17) is 5.11 Å². The Morgan fingerprint density at radius 2 is 2.17 bits per heavy atom. The van der Waals surface area contributed by atoms with E-state index >= 15 is 0 Å². The van der Waals surface area contributed by atoms with Crippen molar-refractivity contribution in [3.8, 4) is 0 Å². The molecule has 0 spiro atoms. The molecule has 0 atom stereocenters. The molecule has 0 aliphatic rings. The van der Waals surface area contributed by atoms with Gasteiger partial charge in [0.15, 0.2) is 9.90 Å². The number of carboxylic acid groups (broad SMARTS) is 1. The van der Waals surface area contributed by atoms with Gasteiger partial charge in [-0.05, 0) is 5.92 Å². The number of carbonyl (C=O) groups is 1. The van der Waals surface area contributed by atoms with Gasteiger partial charge in [-0.1, -0.05) is 20.8 Å². The fraction of sp³-hybridized carbons (Fsp3) is 0.600. The van der Waals surface area contributed by atoms with Gasteiger partial charge in [-0.15, -0.1) is 11.3 Å². The molecule has 0 aliphatic carbocycles. The Kier molecular flexibility index (Phi) is 4.83. The van der Waals surface area contributed by atoms with Gasteiger partial charge < -0.3 is 5.11 Å². The number of carboxylic acids is 1. The summed E-state index contributed by atoms with van der Waals surface area (Å²) < 4.78 is 25.7. The zero-order chi connectivity index (χ0) is 13.9. The Balaban J connectivity index is 3.19. The maximum Gasteiger partial charge on any atom is 0.356 e. The summed E-state index contributed by atoms with van der Waals surface area (Å²) in [6.45, 7) is 6.20. The second kappa shape index (κ2) is 5.77. The lowest BCUT2D eigenvalue weighted by Gasteiger charge is -2.21. The van der Waals surface area contributed by atoms with Crippen molar-refractivity contribution < 1.29 is 18.3 Å². The Labute approximate surface area is 110 Å². The highest BCUT2D eigenvalue weighted by atomic mass is 32.2. The summed E-state index contributed by atoms with van der Waals surface area (Å²) >= 11 is 0.834. The summed E-state index contributed by atoms with van der Waals surface area (Å²) in [5, 5.41) is 8.92. The fourth-order valence-electron chi connectivity index (χ4n) is 1.48. The molecule has 1 N–H and O–H groups in total. The van der Waals surface area contributed by atoms with Gasteiger partial charge in [0.2, 0.25) is 0 Å². The normalized spacial score (nSPS) is 12.3. The Morgan fingerprint density at radius 3 is 2.61 bits per heavy atom. The average Bonchev–Trinajstić information content (AvgIpc) is 2.74. The number of nitrogens with zero attached hydrogens (tertiary/aromatic N) is 2. The second-order valence-electron chi connectivity index (χ2n) is 4.14. The lowest BCUT2D eigenvalue weighted by molar-refractivity contribution is 0.0687. The molecule has 0 radical (unpaired) electrons. The highest BCUT2D eigenvalue weighted by Crippen LogP contribution is 2.24. The highest BCUT2D eigenvalue weighted by Gasteiger charge is 2.31. The third-order valence-corrected chi connectivity index (χ3v) is 5.52. The van der Waals surface area contributed by atoms with Crippen LogP contribution in [0.1, 0.15) is 31.3 Å². The monoisotopic (exact) mass is 292 g/mol. The van der Waals surface area contributed by atoms with Gasteiger partial charge in [0, 0.05) is 13.1 Å². The molecule has 0 unspecified atom stereocenters. The van der Waals surface area contributed by atoms with Crippen molar-refractivity contribution in [2.24, 2.45) is 5.92 Å². The van der Waals surface area contributed by atoms with Crippen LogP contribution in [0.2, 0.25) is 0 Å². The number of hydrogen-bond donors (Lipinski definition) is 1. The third-order valence-electron chi connectivity index (χ3n) is 2.23. The number of aromatic nitrogens is 1. The van der Waals surface area contributed by atoms with Crippen LogP contribution >= 0.6 is 11.3 Å². The van der Waals surface area contributed by atoms with Crippen molar-refractivity contribution in [2.75, 3.05) is 13.1 Å². The van der Waals surface area contributed by atoms with Gasteiger partial charge in [-0.2, -0.15) is 4.31 Å². The van der Waals surface area contributed by atoms with E-state index in [1.54, 1.807) is 6.92 Å². The molecular formula is C10H16N2O4S2. The fourth-order valence-corrected chi connectivity index (χ4v) is 4.37. The molecule has 102 valence electrons. The lowest BCUT2D eigenvalue weighted by Crippen LogP contribution is -2.34. The van der Waals surface area contributed by atoms with Crippen LogP contribution in [0.25, 0.3) is 0 Å². The van der Waals surface area contributed by atoms with Crippen LogP contribution in [-0.2, 0) is 10.0 Å². The van der Waals surface area contributed by atoms with Crippen molar-refractivity contribution in [2.45, 2.75) is 25.0 Å². The minimum absolute atomic E-state index is 0.168. The van der Waals surface area contributed by atoms with Crippen molar-refractivity contribution in [1.29, 1.82) is 0 Å². The smallest absolute Gasteiger partial charge is 0.356 e. The van der Waals surface area contributed by atoms with Gasteiger partial charge in [-0.3, -0.25) is 0 Å². The summed E-state index contributed by atoms with van der Waals surface area (Å²) in [5.41, 5.74) is 0.835. The molecule has 0 fully saturated rings. The van der Waals surface area contributed by atoms with Crippen molar-refractivity contribution in [3.05, 3.63) is 11.2 Å². The van der Waals surface area contributed by atoms with Gasteiger partial charge >= 0.3 is 5.97 Å². The molecule has 0 saturated heterocycles. The number of rotatable bonds is 6. The molecule has 1 aromatic heterocycles. The maximum absolute atomic E-state index is 12.3. The van der Waals surface area contributed by atoms with Crippen LogP contribution in [0.5, 0.6) is 0 Å². The number of sulfonamides is 1. The molecule has 1 heterocycles. The number of aromatic carboxylic acids is 1. The molecule has 1 aromatic rings.